The number of methoxy groups -OCH3 is 1. The number of fused-ring (bicyclic) bond motifs is 1. The predicted octanol–water partition coefficient (Wildman–Crippen LogP) is 1.93. The summed E-state index contributed by atoms with van der Waals surface area (Å²) in [4.78, 5) is 38.3. The third kappa shape index (κ3) is 3.09. The molecule has 0 spiro atoms. The third-order valence-corrected chi connectivity index (χ3v) is 5.60. The zero-order chi connectivity index (χ0) is 18.3. The molecule has 4 rings (SSSR count). The zero-order valence-electron chi connectivity index (χ0n) is 15.5. The van der Waals surface area contributed by atoms with Crippen molar-refractivity contribution in [2.45, 2.75) is 64.0 Å². The Bertz CT molecular complexity index is 732. The van der Waals surface area contributed by atoms with Gasteiger partial charge in [0.25, 0.3) is 0 Å². The molecule has 140 valence electrons. The molecule has 1 aromatic heterocycles. The van der Waals surface area contributed by atoms with Crippen LogP contribution in [0.25, 0.3) is 0 Å². The first kappa shape index (κ1) is 17.4. The Hall–Kier alpha value is -2.02. The van der Waals surface area contributed by atoms with Gasteiger partial charge in [-0.3, -0.25) is 14.5 Å². The van der Waals surface area contributed by atoms with Gasteiger partial charge in [0.2, 0.25) is 11.8 Å². The lowest BCUT2D eigenvalue weighted by Gasteiger charge is -2.36. The Balaban J connectivity index is 1.71. The number of aromatic nitrogens is 2. The summed E-state index contributed by atoms with van der Waals surface area (Å²) < 4.78 is 5.04. The highest BCUT2D eigenvalue weighted by atomic mass is 16.5. The van der Waals surface area contributed by atoms with E-state index in [4.69, 9.17) is 14.7 Å². The van der Waals surface area contributed by atoms with Crippen molar-refractivity contribution in [2.24, 2.45) is 0 Å². The highest BCUT2D eigenvalue weighted by molar-refractivity contribution is 5.96. The Morgan fingerprint density at radius 3 is 2.73 bits per heavy atom. The summed E-state index contributed by atoms with van der Waals surface area (Å²) in [5, 5.41) is 0. The first-order chi connectivity index (χ1) is 12.6. The van der Waals surface area contributed by atoms with Crippen molar-refractivity contribution in [1.82, 2.24) is 14.9 Å². The van der Waals surface area contributed by atoms with E-state index in [1.165, 1.54) is 7.11 Å². The van der Waals surface area contributed by atoms with E-state index in [0.717, 1.165) is 49.2 Å². The Morgan fingerprint density at radius 1 is 1.19 bits per heavy atom. The minimum absolute atomic E-state index is 0.0219. The summed E-state index contributed by atoms with van der Waals surface area (Å²) in [5.41, 5.74) is 2.03. The molecule has 7 heteroatoms. The van der Waals surface area contributed by atoms with Crippen LogP contribution in [-0.4, -0.2) is 53.0 Å². The number of likely N-dealkylation sites (tertiary alicyclic amines) is 1. The molecule has 0 N–H and O–H groups in total. The van der Waals surface area contributed by atoms with Crippen molar-refractivity contribution in [3.05, 3.63) is 17.1 Å². The largest absolute Gasteiger partial charge is 0.375 e. The molecule has 2 amide bonds. The molecule has 0 bridgehead atoms. The molecule has 1 atom stereocenters. The first-order valence-corrected chi connectivity index (χ1v) is 9.58. The number of nitrogens with zero attached hydrogens (tertiary/aromatic N) is 4. The molecular formula is C19H26N4O3. The van der Waals surface area contributed by atoms with E-state index in [1.807, 2.05) is 16.7 Å². The van der Waals surface area contributed by atoms with Crippen LogP contribution in [0.1, 0.15) is 61.6 Å². The van der Waals surface area contributed by atoms with Crippen molar-refractivity contribution >= 4 is 17.6 Å². The highest BCUT2D eigenvalue weighted by Crippen LogP contribution is 2.39. The molecule has 1 saturated heterocycles. The Morgan fingerprint density at radius 2 is 2.00 bits per heavy atom. The summed E-state index contributed by atoms with van der Waals surface area (Å²) in [6.45, 7) is 2.78. The molecule has 3 aliphatic rings. The lowest BCUT2D eigenvalue weighted by atomic mass is 9.99. The van der Waals surface area contributed by atoms with E-state index in [1.54, 1.807) is 0 Å². The van der Waals surface area contributed by atoms with E-state index in [2.05, 4.69) is 0 Å². The maximum absolute atomic E-state index is 12.5. The first-order valence-electron chi connectivity index (χ1n) is 9.58. The normalized spacial score (nSPS) is 23.2. The van der Waals surface area contributed by atoms with Crippen LogP contribution in [0.3, 0.4) is 0 Å². The van der Waals surface area contributed by atoms with E-state index in [-0.39, 0.29) is 24.5 Å². The summed E-state index contributed by atoms with van der Waals surface area (Å²) in [5.74, 6) is 1.60. The number of amides is 2. The number of piperidine rings is 1. The van der Waals surface area contributed by atoms with E-state index in [9.17, 15) is 9.59 Å². The minimum atomic E-state index is -0.131. The average molecular weight is 358 g/mol. The van der Waals surface area contributed by atoms with Crippen LogP contribution < -0.4 is 4.90 Å². The molecule has 3 heterocycles. The van der Waals surface area contributed by atoms with Crippen LogP contribution in [0, 0.1) is 6.92 Å². The summed E-state index contributed by atoms with van der Waals surface area (Å²) >= 11 is 0. The molecule has 0 radical (unpaired) electrons. The molecule has 0 aromatic carbocycles. The molecule has 2 aliphatic heterocycles. The lowest BCUT2D eigenvalue weighted by Crippen LogP contribution is -2.42. The number of aryl methyl sites for hydroxylation is 1. The summed E-state index contributed by atoms with van der Waals surface area (Å²) in [6.07, 6.45) is 6.23. The van der Waals surface area contributed by atoms with Crippen LogP contribution in [0.15, 0.2) is 0 Å². The lowest BCUT2D eigenvalue weighted by molar-refractivity contribution is -0.139. The van der Waals surface area contributed by atoms with Crippen LogP contribution in [0.5, 0.6) is 0 Å². The van der Waals surface area contributed by atoms with Gasteiger partial charge in [-0.05, 0) is 45.4 Å². The fourth-order valence-corrected chi connectivity index (χ4v) is 4.13. The number of hydrogen-bond acceptors (Lipinski definition) is 5. The number of carbonyl (C=O) groups is 2. The van der Waals surface area contributed by atoms with Crippen LogP contribution in [0.2, 0.25) is 0 Å². The van der Waals surface area contributed by atoms with Gasteiger partial charge >= 0.3 is 0 Å². The molecular weight excluding hydrogens is 332 g/mol. The second-order valence-corrected chi connectivity index (χ2v) is 7.50. The maximum Gasteiger partial charge on any atom is 0.249 e. The van der Waals surface area contributed by atoms with Crippen LogP contribution in [0.4, 0.5) is 5.82 Å². The highest BCUT2D eigenvalue weighted by Gasteiger charge is 2.40. The fraction of sp³-hybridized carbons (Fsp3) is 0.684. The molecule has 1 aromatic rings. The SMILES string of the molecule is COCC(=O)N1CCCC[C@@H]1c1nc(C)c2c(n1)N(C1CC1)C(=O)CC2. The van der Waals surface area contributed by atoms with Gasteiger partial charge in [-0.1, -0.05) is 0 Å². The number of hydrogen-bond donors (Lipinski definition) is 0. The number of ether oxygens (including phenoxy) is 1. The number of carbonyl (C=O) groups excluding carboxylic acids is 2. The van der Waals surface area contributed by atoms with Crippen molar-refractivity contribution in [3.63, 3.8) is 0 Å². The molecule has 1 saturated carbocycles. The maximum atomic E-state index is 12.5. The average Bonchev–Trinajstić information content (AvgIpc) is 3.46. The van der Waals surface area contributed by atoms with Crippen molar-refractivity contribution in [3.8, 4) is 0 Å². The standard InChI is InChI=1S/C19H26N4O3/c1-12-14-8-9-16(24)23(13-6-7-13)19(14)21-18(20-12)15-5-3-4-10-22(15)17(25)11-26-2/h13,15H,3-11H2,1-2H3/t15-/m1/s1. The topological polar surface area (TPSA) is 75.6 Å². The molecule has 26 heavy (non-hydrogen) atoms. The zero-order valence-corrected chi connectivity index (χ0v) is 15.5. The van der Waals surface area contributed by atoms with Gasteiger partial charge in [0.15, 0.2) is 5.82 Å². The second kappa shape index (κ2) is 6.95. The van der Waals surface area contributed by atoms with Gasteiger partial charge in [-0.2, -0.15) is 0 Å². The summed E-state index contributed by atoms with van der Waals surface area (Å²) in [6, 6.07) is 0.162. The van der Waals surface area contributed by atoms with Crippen LogP contribution >= 0.6 is 0 Å². The van der Waals surface area contributed by atoms with E-state index in [0.29, 0.717) is 31.3 Å². The number of anilines is 1. The number of rotatable bonds is 4. The molecule has 0 unspecified atom stereocenters. The van der Waals surface area contributed by atoms with E-state index >= 15 is 0 Å². The van der Waals surface area contributed by atoms with E-state index < -0.39 is 0 Å². The summed E-state index contributed by atoms with van der Waals surface area (Å²) in [7, 11) is 1.54. The van der Waals surface area contributed by atoms with Crippen LogP contribution in [-0.2, 0) is 20.7 Å². The quantitative estimate of drug-likeness (QED) is 0.822. The minimum Gasteiger partial charge on any atom is -0.375 e. The molecule has 1 aliphatic carbocycles. The monoisotopic (exact) mass is 358 g/mol. The van der Waals surface area contributed by atoms with Gasteiger partial charge in [-0.15, -0.1) is 0 Å². The smallest absolute Gasteiger partial charge is 0.249 e. The van der Waals surface area contributed by atoms with Gasteiger partial charge in [-0.25, -0.2) is 9.97 Å². The third-order valence-electron chi connectivity index (χ3n) is 5.60. The second-order valence-electron chi connectivity index (χ2n) is 7.50. The van der Waals surface area contributed by atoms with Crippen molar-refractivity contribution in [2.75, 3.05) is 25.2 Å². The van der Waals surface area contributed by atoms with Gasteiger partial charge in [0.1, 0.15) is 12.4 Å². The predicted molar refractivity (Wildman–Crippen MR) is 95.8 cm³/mol. The van der Waals surface area contributed by atoms with Gasteiger partial charge in [0.05, 0.1) is 6.04 Å². The van der Waals surface area contributed by atoms with Gasteiger partial charge in [0, 0.05) is 37.4 Å². The van der Waals surface area contributed by atoms with Gasteiger partial charge < -0.3 is 9.64 Å². The fourth-order valence-electron chi connectivity index (χ4n) is 4.13. The molecule has 2 fully saturated rings. The van der Waals surface area contributed by atoms with Crippen molar-refractivity contribution in [1.29, 1.82) is 0 Å². The Kier molecular flexibility index (Phi) is 4.65. The molecule has 7 nitrogen and oxygen atoms in total. The Labute approximate surface area is 153 Å². The van der Waals surface area contributed by atoms with Crippen molar-refractivity contribution < 1.29 is 14.3 Å².